The van der Waals surface area contributed by atoms with Crippen molar-refractivity contribution in [3.63, 3.8) is 0 Å². The van der Waals surface area contributed by atoms with Crippen LogP contribution in [0, 0.1) is 24.2 Å². The summed E-state index contributed by atoms with van der Waals surface area (Å²) in [5.41, 5.74) is 4.11. The van der Waals surface area contributed by atoms with Crippen molar-refractivity contribution in [1.82, 2.24) is 5.32 Å². The van der Waals surface area contributed by atoms with Gasteiger partial charge in [0, 0.05) is 23.1 Å². The maximum atomic E-state index is 13.0. The van der Waals surface area contributed by atoms with E-state index in [1.165, 1.54) is 16.0 Å². The third-order valence-electron chi connectivity index (χ3n) is 6.51. The number of hydrogen-bond donors (Lipinski definition) is 1. The first-order valence-corrected chi connectivity index (χ1v) is 11.3. The van der Waals surface area contributed by atoms with Gasteiger partial charge >= 0.3 is 0 Å². The number of fused-ring (bicyclic) bond motifs is 3. The number of rotatable bonds is 7. The molecule has 0 bridgehead atoms. The second kappa shape index (κ2) is 7.35. The van der Waals surface area contributed by atoms with Crippen LogP contribution in [-0.2, 0) is 13.0 Å². The van der Waals surface area contributed by atoms with Gasteiger partial charge in [0.2, 0.25) is 0 Å². The number of ether oxygens (including phenoxy) is 2. The van der Waals surface area contributed by atoms with Gasteiger partial charge in [0.05, 0.1) is 18.6 Å². The third-order valence-corrected chi connectivity index (χ3v) is 7.67. The van der Waals surface area contributed by atoms with Crippen molar-refractivity contribution in [1.29, 1.82) is 0 Å². The molecule has 1 aromatic heterocycles. The van der Waals surface area contributed by atoms with Gasteiger partial charge in [-0.3, -0.25) is 4.79 Å². The third kappa shape index (κ3) is 3.54. The topological polar surface area (TPSA) is 47.6 Å². The van der Waals surface area contributed by atoms with Gasteiger partial charge in [0.15, 0.2) is 0 Å². The molecule has 5 heteroatoms. The van der Waals surface area contributed by atoms with E-state index >= 15 is 0 Å². The Bertz CT molecular complexity index is 944. The smallest absolute Gasteiger partial charge is 0.261 e. The minimum absolute atomic E-state index is 0.0284. The van der Waals surface area contributed by atoms with E-state index in [0.29, 0.717) is 36.3 Å². The zero-order valence-corrected chi connectivity index (χ0v) is 19.0. The Labute approximate surface area is 177 Å². The first-order valence-electron chi connectivity index (χ1n) is 10.4. The fourth-order valence-corrected chi connectivity index (χ4v) is 5.94. The monoisotopic (exact) mass is 413 g/mol. The maximum absolute atomic E-state index is 13.0. The SMILES string of the molecule is COc1cc(OCC(C)C)ccc1CNC(=O)c1sc(C)c2c1CC1[C@H]2C1(C)C. The van der Waals surface area contributed by atoms with Crippen molar-refractivity contribution in [3.05, 3.63) is 44.6 Å². The predicted octanol–water partition coefficient (Wildman–Crippen LogP) is 5.33. The quantitative estimate of drug-likeness (QED) is 0.668. The van der Waals surface area contributed by atoms with Crippen LogP contribution in [0.3, 0.4) is 0 Å². The molecule has 2 atom stereocenters. The number of methoxy groups -OCH3 is 1. The number of thiophene rings is 1. The molecule has 0 spiro atoms. The Kier molecular flexibility index (Phi) is 5.14. The van der Waals surface area contributed by atoms with Gasteiger partial charge in [0.25, 0.3) is 5.91 Å². The van der Waals surface area contributed by atoms with E-state index in [0.717, 1.165) is 28.4 Å². The molecule has 0 radical (unpaired) electrons. The average molecular weight is 414 g/mol. The summed E-state index contributed by atoms with van der Waals surface area (Å²) in [6.45, 7) is 12.2. The zero-order valence-electron chi connectivity index (χ0n) is 18.2. The Morgan fingerprint density at radius 2 is 2.10 bits per heavy atom. The summed E-state index contributed by atoms with van der Waals surface area (Å²) < 4.78 is 11.3. The number of carbonyl (C=O) groups excluding carboxylic acids is 1. The van der Waals surface area contributed by atoms with Crippen LogP contribution in [0.15, 0.2) is 18.2 Å². The maximum Gasteiger partial charge on any atom is 0.261 e. The molecule has 4 rings (SSSR count). The molecule has 1 N–H and O–H groups in total. The second-order valence-electron chi connectivity index (χ2n) is 9.35. The molecule has 0 saturated heterocycles. The van der Waals surface area contributed by atoms with Gasteiger partial charge < -0.3 is 14.8 Å². The van der Waals surface area contributed by atoms with E-state index in [-0.39, 0.29) is 5.91 Å². The summed E-state index contributed by atoms with van der Waals surface area (Å²) in [4.78, 5) is 15.2. The van der Waals surface area contributed by atoms with E-state index in [2.05, 4.69) is 39.9 Å². The lowest BCUT2D eigenvalue weighted by molar-refractivity contribution is 0.0953. The molecule has 1 saturated carbocycles. The molecular weight excluding hydrogens is 382 g/mol. The van der Waals surface area contributed by atoms with E-state index < -0.39 is 0 Å². The number of aryl methyl sites for hydroxylation is 1. The molecule has 4 nitrogen and oxygen atoms in total. The van der Waals surface area contributed by atoms with Crippen LogP contribution in [0.4, 0.5) is 0 Å². The second-order valence-corrected chi connectivity index (χ2v) is 10.6. The van der Waals surface area contributed by atoms with Gasteiger partial charge in [-0.25, -0.2) is 0 Å². The van der Waals surface area contributed by atoms with Crippen LogP contribution >= 0.6 is 11.3 Å². The minimum Gasteiger partial charge on any atom is -0.496 e. The Balaban J connectivity index is 1.45. The van der Waals surface area contributed by atoms with Crippen molar-refractivity contribution < 1.29 is 14.3 Å². The van der Waals surface area contributed by atoms with Crippen molar-refractivity contribution in [3.8, 4) is 11.5 Å². The highest BCUT2D eigenvalue weighted by atomic mass is 32.1. The van der Waals surface area contributed by atoms with E-state index in [1.807, 2.05) is 18.2 Å². The molecule has 1 heterocycles. The molecule has 2 aliphatic carbocycles. The molecule has 156 valence electrons. The number of benzene rings is 1. The van der Waals surface area contributed by atoms with Gasteiger partial charge in [0.1, 0.15) is 11.5 Å². The number of hydrogen-bond acceptors (Lipinski definition) is 4. The molecule has 1 amide bonds. The average Bonchev–Trinajstić information content (AvgIpc) is 3.02. The fourth-order valence-electron chi connectivity index (χ4n) is 4.79. The molecular formula is C24H31NO3S. The van der Waals surface area contributed by atoms with Crippen LogP contribution in [0.1, 0.15) is 64.9 Å². The highest BCUT2D eigenvalue weighted by Crippen LogP contribution is 2.71. The first kappa shape index (κ1) is 20.3. The van der Waals surface area contributed by atoms with Gasteiger partial charge in [-0.15, -0.1) is 11.3 Å². The summed E-state index contributed by atoms with van der Waals surface area (Å²) >= 11 is 1.65. The van der Waals surface area contributed by atoms with E-state index in [4.69, 9.17) is 9.47 Å². The summed E-state index contributed by atoms with van der Waals surface area (Å²) in [6, 6.07) is 5.80. The van der Waals surface area contributed by atoms with Gasteiger partial charge in [-0.05, 0) is 59.8 Å². The Morgan fingerprint density at radius 3 is 2.79 bits per heavy atom. The number of carbonyl (C=O) groups is 1. The summed E-state index contributed by atoms with van der Waals surface area (Å²) in [5.74, 6) is 3.38. The first-order chi connectivity index (χ1) is 13.7. The largest absolute Gasteiger partial charge is 0.496 e. The van der Waals surface area contributed by atoms with Crippen molar-refractivity contribution in [2.75, 3.05) is 13.7 Å². The standard InChI is InChI=1S/C24H31NO3S/c1-13(2)12-28-16-8-7-15(19(9-16)27-6)11-25-23(26)22-17-10-18-21(24(18,4)5)20(17)14(3)29-22/h7-9,13,18,21H,10-12H2,1-6H3,(H,25,26)/t18?,21-/m1/s1. The molecule has 1 aromatic carbocycles. The zero-order chi connectivity index (χ0) is 20.9. The van der Waals surface area contributed by atoms with Crippen molar-refractivity contribution >= 4 is 17.2 Å². The highest BCUT2D eigenvalue weighted by Gasteiger charge is 2.63. The predicted molar refractivity (Wildman–Crippen MR) is 117 cm³/mol. The van der Waals surface area contributed by atoms with Gasteiger partial charge in [-0.2, -0.15) is 0 Å². The van der Waals surface area contributed by atoms with Crippen LogP contribution < -0.4 is 14.8 Å². The van der Waals surface area contributed by atoms with E-state index in [1.54, 1.807) is 18.4 Å². The summed E-state index contributed by atoms with van der Waals surface area (Å²) in [5, 5.41) is 3.10. The van der Waals surface area contributed by atoms with Crippen LogP contribution in [0.2, 0.25) is 0 Å². The molecule has 29 heavy (non-hydrogen) atoms. The van der Waals surface area contributed by atoms with E-state index in [9.17, 15) is 4.79 Å². The van der Waals surface area contributed by atoms with Crippen molar-refractivity contribution in [2.45, 2.75) is 53.5 Å². The lowest BCUT2D eigenvalue weighted by atomic mass is 9.95. The Hall–Kier alpha value is -2.01. The van der Waals surface area contributed by atoms with Crippen LogP contribution in [0.25, 0.3) is 0 Å². The molecule has 2 aromatic rings. The molecule has 2 aliphatic rings. The summed E-state index contributed by atoms with van der Waals surface area (Å²) in [6.07, 6.45) is 1.05. The Morgan fingerprint density at radius 1 is 1.34 bits per heavy atom. The minimum atomic E-state index is 0.0284. The van der Waals surface area contributed by atoms with Crippen molar-refractivity contribution in [2.24, 2.45) is 17.3 Å². The van der Waals surface area contributed by atoms with Crippen LogP contribution in [-0.4, -0.2) is 19.6 Å². The van der Waals surface area contributed by atoms with Crippen LogP contribution in [0.5, 0.6) is 11.5 Å². The molecule has 1 fully saturated rings. The number of amides is 1. The fraction of sp³-hybridized carbons (Fsp3) is 0.542. The molecule has 0 aliphatic heterocycles. The summed E-state index contributed by atoms with van der Waals surface area (Å²) in [7, 11) is 1.65. The highest BCUT2D eigenvalue weighted by molar-refractivity contribution is 7.14. The molecule has 1 unspecified atom stereocenters. The lowest BCUT2D eigenvalue weighted by Crippen LogP contribution is -2.23. The number of nitrogens with one attached hydrogen (secondary N) is 1. The normalized spacial score (nSPS) is 20.9. The van der Waals surface area contributed by atoms with Gasteiger partial charge in [-0.1, -0.05) is 27.7 Å². The lowest BCUT2D eigenvalue weighted by Gasteiger charge is -2.14.